The average Bonchev–Trinajstić information content (AvgIpc) is 2.53. The Morgan fingerprint density at radius 1 is 1.14 bits per heavy atom. The fourth-order valence-electron chi connectivity index (χ4n) is 2.53. The number of ether oxygens (including phenoxy) is 1. The predicted octanol–water partition coefficient (Wildman–Crippen LogP) is 2.06. The molecule has 0 unspecified atom stereocenters. The normalized spacial score (nSPS) is 14.7. The van der Waals surface area contributed by atoms with Crippen molar-refractivity contribution in [2.24, 2.45) is 0 Å². The maximum absolute atomic E-state index is 12.3. The van der Waals surface area contributed by atoms with Gasteiger partial charge in [0.05, 0.1) is 7.11 Å². The van der Waals surface area contributed by atoms with E-state index in [9.17, 15) is 9.59 Å². The highest BCUT2D eigenvalue weighted by Gasteiger charge is 2.21. The van der Waals surface area contributed by atoms with Gasteiger partial charge in [-0.3, -0.25) is 9.59 Å². The molecule has 21 heavy (non-hydrogen) atoms. The lowest BCUT2D eigenvalue weighted by molar-refractivity contribution is -0.132. The Kier molecular flexibility index (Phi) is 5.20. The molecule has 0 bridgehead atoms. The fourth-order valence-corrected chi connectivity index (χ4v) is 2.53. The number of rotatable bonds is 4. The Morgan fingerprint density at radius 3 is 2.29 bits per heavy atom. The van der Waals surface area contributed by atoms with Gasteiger partial charge in [0.25, 0.3) is 0 Å². The third-order valence-electron chi connectivity index (χ3n) is 3.77. The van der Waals surface area contributed by atoms with E-state index in [-0.39, 0.29) is 18.4 Å². The van der Waals surface area contributed by atoms with Gasteiger partial charge in [0.15, 0.2) is 0 Å². The number of methoxy groups -OCH3 is 1. The molecule has 0 aliphatic carbocycles. The molecule has 0 spiro atoms. The van der Waals surface area contributed by atoms with Crippen LogP contribution < -0.4 is 9.64 Å². The third kappa shape index (κ3) is 3.97. The number of piperidine rings is 1. The van der Waals surface area contributed by atoms with Crippen LogP contribution in [0, 0.1) is 0 Å². The van der Waals surface area contributed by atoms with Crippen LogP contribution in [0.15, 0.2) is 24.3 Å². The summed E-state index contributed by atoms with van der Waals surface area (Å²) in [5, 5.41) is 0. The van der Waals surface area contributed by atoms with Crippen molar-refractivity contribution in [3.8, 4) is 5.75 Å². The van der Waals surface area contributed by atoms with Crippen molar-refractivity contribution in [3.63, 3.8) is 0 Å². The number of carbonyl (C=O) groups excluding carboxylic acids is 2. The van der Waals surface area contributed by atoms with Crippen LogP contribution in [0.25, 0.3) is 0 Å². The van der Waals surface area contributed by atoms with E-state index in [2.05, 4.69) is 0 Å². The Balaban J connectivity index is 2.07. The second-order valence-corrected chi connectivity index (χ2v) is 5.24. The first-order chi connectivity index (χ1) is 10.1. The van der Waals surface area contributed by atoms with Crippen molar-refractivity contribution < 1.29 is 14.3 Å². The minimum absolute atomic E-state index is 0.0146. The summed E-state index contributed by atoms with van der Waals surface area (Å²) >= 11 is 0. The monoisotopic (exact) mass is 290 g/mol. The number of likely N-dealkylation sites (tertiary alicyclic amines) is 1. The summed E-state index contributed by atoms with van der Waals surface area (Å²) in [7, 11) is 1.59. The highest BCUT2D eigenvalue weighted by atomic mass is 16.5. The molecule has 1 heterocycles. The van der Waals surface area contributed by atoms with Gasteiger partial charge in [0.1, 0.15) is 12.3 Å². The maximum Gasteiger partial charge on any atom is 0.242 e. The zero-order chi connectivity index (χ0) is 15.2. The van der Waals surface area contributed by atoms with Crippen LogP contribution in [0.4, 0.5) is 5.69 Å². The van der Waals surface area contributed by atoms with Crippen molar-refractivity contribution in [3.05, 3.63) is 24.3 Å². The topological polar surface area (TPSA) is 49.9 Å². The highest BCUT2D eigenvalue weighted by Crippen LogP contribution is 2.20. The van der Waals surface area contributed by atoms with Crippen molar-refractivity contribution in [1.82, 2.24) is 4.90 Å². The number of amides is 2. The molecule has 0 N–H and O–H groups in total. The van der Waals surface area contributed by atoms with Crippen LogP contribution in [0.5, 0.6) is 5.75 Å². The summed E-state index contributed by atoms with van der Waals surface area (Å²) in [4.78, 5) is 27.5. The summed E-state index contributed by atoms with van der Waals surface area (Å²) < 4.78 is 5.11. The molecule has 1 aromatic carbocycles. The third-order valence-corrected chi connectivity index (χ3v) is 3.77. The van der Waals surface area contributed by atoms with Crippen LogP contribution in [-0.4, -0.2) is 43.5 Å². The van der Waals surface area contributed by atoms with Crippen molar-refractivity contribution >= 4 is 17.5 Å². The van der Waals surface area contributed by atoms with Gasteiger partial charge in [-0.05, 0) is 43.5 Å². The van der Waals surface area contributed by atoms with E-state index in [1.165, 1.54) is 18.2 Å². The molecule has 0 saturated carbocycles. The molecule has 114 valence electrons. The molecule has 2 amide bonds. The van der Waals surface area contributed by atoms with Crippen molar-refractivity contribution in [2.45, 2.75) is 26.2 Å². The summed E-state index contributed by atoms with van der Waals surface area (Å²) in [5.74, 6) is 0.607. The first-order valence-corrected chi connectivity index (χ1v) is 7.32. The fraction of sp³-hybridized carbons (Fsp3) is 0.500. The number of nitrogens with zero attached hydrogens (tertiary/aromatic N) is 2. The van der Waals surface area contributed by atoms with Crippen LogP contribution in [0.3, 0.4) is 0 Å². The second kappa shape index (κ2) is 7.11. The van der Waals surface area contributed by atoms with E-state index in [4.69, 9.17) is 4.74 Å². The van der Waals surface area contributed by atoms with Gasteiger partial charge in [-0.15, -0.1) is 0 Å². The number of hydrogen-bond acceptors (Lipinski definition) is 3. The predicted molar refractivity (Wildman–Crippen MR) is 81.5 cm³/mol. The molecule has 1 aliphatic heterocycles. The van der Waals surface area contributed by atoms with E-state index in [1.807, 2.05) is 4.90 Å². The van der Waals surface area contributed by atoms with Gasteiger partial charge in [-0.1, -0.05) is 0 Å². The SMILES string of the molecule is COc1ccc(N(CC(=O)N2CCCCC2)C(C)=O)cc1. The van der Waals surface area contributed by atoms with Gasteiger partial charge < -0.3 is 14.5 Å². The average molecular weight is 290 g/mol. The number of hydrogen-bond donors (Lipinski definition) is 0. The van der Waals surface area contributed by atoms with Crippen molar-refractivity contribution in [1.29, 1.82) is 0 Å². The van der Waals surface area contributed by atoms with Gasteiger partial charge in [0, 0.05) is 25.7 Å². The van der Waals surface area contributed by atoms with E-state index >= 15 is 0 Å². The molecule has 1 aromatic rings. The Bertz CT molecular complexity index is 493. The zero-order valence-electron chi connectivity index (χ0n) is 12.7. The second-order valence-electron chi connectivity index (χ2n) is 5.24. The highest BCUT2D eigenvalue weighted by molar-refractivity contribution is 5.97. The number of carbonyl (C=O) groups is 2. The lowest BCUT2D eigenvalue weighted by Crippen LogP contribution is -2.44. The molecule has 0 aromatic heterocycles. The molecule has 0 atom stereocenters. The first kappa shape index (κ1) is 15.4. The molecular formula is C16H22N2O3. The number of benzene rings is 1. The minimum Gasteiger partial charge on any atom is -0.497 e. The standard InChI is InChI=1S/C16H22N2O3/c1-13(19)18(14-6-8-15(21-2)9-7-14)12-16(20)17-10-4-3-5-11-17/h6-9H,3-5,10-12H2,1-2H3. The molecule has 0 radical (unpaired) electrons. The Hall–Kier alpha value is -2.04. The van der Waals surface area contributed by atoms with Crippen molar-refractivity contribution in [2.75, 3.05) is 31.6 Å². The van der Waals surface area contributed by atoms with E-state index in [0.29, 0.717) is 5.69 Å². The van der Waals surface area contributed by atoms with Gasteiger partial charge in [-0.2, -0.15) is 0 Å². The molecule has 1 saturated heterocycles. The van der Waals surface area contributed by atoms with Gasteiger partial charge >= 0.3 is 0 Å². The van der Waals surface area contributed by atoms with E-state index in [0.717, 1.165) is 31.7 Å². The quantitative estimate of drug-likeness (QED) is 0.853. The molecule has 2 rings (SSSR count). The zero-order valence-corrected chi connectivity index (χ0v) is 12.7. The molecule has 5 nitrogen and oxygen atoms in total. The largest absolute Gasteiger partial charge is 0.497 e. The summed E-state index contributed by atoms with van der Waals surface area (Å²) in [6.07, 6.45) is 3.28. The van der Waals surface area contributed by atoms with Crippen LogP contribution in [0.2, 0.25) is 0 Å². The van der Waals surface area contributed by atoms with E-state index in [1.54, 1.807) is 31.4 Å². The van der Waals surface area contributed by atoms with Crippen LogP contribution in [-0.2, 0) is 9.59 Å². The molecule has 1 aliphatic rings. The lowest BCUT2D eigenvalue weighted by Gasteiger charge is -2.29. The van der Waals surface area contributed by atoms with Crippen LogP contribution in [0.1, 0.15) is 26.2 Å². The van der Waals surface area contributed by atoms with Gasteiger partial charge in [0.2, 0.25) is 11.8 Å². The Labute approximate surface area is 125 Å². The van der Waals surface area contributed by atoms with Crippen LogP contribution >= 0.6 is 0 Å². The Morgan fingerprint density at radius 2 is 1.76 bits per heavy atom. The molecular weight excluding hydrogens is 268 g/mol. The smallest absolute Gasteiger partial charge is 0.242 e. The number of anilines is 1. The molecule has 5 heteroatoms. The van der Waals surface area contributed by atoms with Gasteiger partial charge in [-0.25, -0.2) is 0 Å². The minimum atomic E-state index is -0.134. The maximum atomic E-state index is 12.3. The molecule has 1 fully saturated rings. The summed E-state index contributed by atoms with van der Waals surface area (Å²) in [5.41, 5.74) is 0.716. The first-order valence-electron chi connectivity index (χ1n) is 7.32. The summed E-state index contributed by atoms with van der Waals surface area (Å²) in [6, 6.07) is 7.17. The lowest BCUT2D eigenvalue weighted by atomic mass is 10.1. The van der Waals surface area contributed by atoms with E-state index < -0.39 is 0 Å². The summed E-state index contributed by atoms with van der Waals surface area (Å²) in [6.45, 7) is 3.18.